The molecule has 1 aromatic heterocycles. The number of aryl methyl sites for hydroxylation is 1. The number of halogens is 2. The quantitative estimate of drug-likeness (QED) is 0.912. The van der Waals surface area contributed by atoms with Gasteiger partial charge in [-0.2, -0.15) is 0 Å². The van der Waals surface area contributed by atoms with Crippen molar-refractivity contribution in [3.05, 3.63) is 62.8 Å². The maximum Gasteiger partial charge on any atom is 0.107 e. The molecule has 0 aliphatic rings. The van der Waals surface area contributed by atoms with Gasteiger partial charge in [-0.1, -0.05) is 33.6 Å². The van der Waals surface area contributed by atoms with Gasteiger partial charge in [0.25, 0.3) is 0 Å². The van der Waals surface area contributed by atoms with E-state index >= 15 is 0 Å². The fraction of sp³-hybridized carbons (Fsp3) is 0.154. The van der Waals surface area contributed by atoms with Crippen molar-refractivity contribution in [1.82, 2.24) is 4.98 Å². The predicted octanol–water partition coefficient (Wildman–Crippen LogP) is 3.89. The predicted molar refractivity (Wildman–Crippen MR) is 72.2 cm³/mol. The first kappa shape index (κ1) is 12.6. The van der Waals surface area contributed by atoms with Crippen LogP contribution in [0.4, 0.5) is 0 Å². The van der Waals surface area contributed by atoms with Crippen LogP contribution in [0.5, 0.6) is 0 Å². The largest absolute Gasteiger partial charge is 0.384 e. The molecule has 0 fully saturated rings. The van der Waals surface area contributed by atoms with Crippen molar-refractivity contribution in [2.75, 3.05) is 0 Å². The molecule has 88 valence electrons. The summed E-state index contributed by atoms with van der Waals surface area (Å²) in [5.41, 5.74) is 2.59. The Morgan fingerprint density at radius 3 is 2.71 bits per heavy atom. The molecule has 0 radical (unpaired) electrons. The van der Waals surface area contributed by atoms with Crippen LogP contribution in [0.2, 0.25) is 5.02 Å². The van der Waals surface area contributed by atoms with E-state index in [0.717, 1.165) is 21.2 Å². The van der Waals surface area contributed by atoms with E-state index in [1.165, 1.54) is 0 Å². The Labute approximate surface area is 113 Å². The van der Waals surface area contributed by atoms with E-state index < -0.39 is 6.10 Å². The molecular formula is C13H11BrClNO. The number of rotatable bonds is 2. The summed E-state index contributed by atoms with van der Waals surface area (Å²) < 4.78 is 0.792. The third kappa shape index (κ3) is 2.68. The minimum absolute atomic E-state index is 0.635. The molecule has 4 heteroatoms. The molecule has 0 saturated heterocycles. The Bertz CT molecular complexity index is 545. The molecule has 0 amide bonds. The third-order valence-electron chi connectivity index (χ3n) is 2.63. The third-order valence-corrected chi connectivity index (χ3v) is 3.55. The van der Waals surface area contributed by atoms with E-state index in [9.17, 15) is 5.11 Å². The smallest absolute Gasteiger partial charge is 0.107 e. The van der Waals surface area contributed by atoms with Gasteiger partial charge in [-0.15, -0.1) is 0 Å². The lowest BCUT2D eigenvalue weighted by molar-refractivity contribution is 0.218. The molecule has 1 unspecified atom stereocenters. The van der Waals surface area contributed by atoms with Crippen LogP contribution in [0, 0.1) is 6.92 Å². The number of hydrogen-bond acceptors (Lipinski definition) is 2. The normalized spacial score (nSPS) is 12.5. The van der Waals surface area contributed by atoms with Crippen LogP contribution in [0.1, 0.15) is 22.8 Å². The first-order chi connectivity index (χ1) is 8.09. The molecule has 2 nitrogen and oxygen atoms in total. The van der Waals surface area contributed by atoms with Crippen molar-refractivity contribution in [3.8, 4) is 0 Å². The van der Waals surface area contributed by atoms with Crippen molar-refractivity contribution in [3.63, 3.8) is 0 Å². The lowest BCUT2D eigenvalue weighted by Crippen LogP contribution is -2.03. The van der Waals surface area contributed by atoms with Crippen molar-refractivity contribution < 1.29 is 5.11 Å². The zero-order chi connectivity index (χ0) is 12.4. The molecule has 1 N–H and O–H groups in total. The van der Waals surface area contributed by atoms with Crippen LogP contribution < -0.4 is 0 Å². The van der Waals surface area contributed by atoms with E-state index in [0.29, 0.717) is 5.02 Å². The summed E-state index contributed by atoms with van der Waals surface area (Å²) in [6.45, 7) is 1.95. The lowest BCUT2D eigenvalue weighted by Gasteiger charge is -2.15. The molecule has 2 aromatic rings. The number of aliphatic hydroxyl groups excluding tert-OH is 1. The van der Waals surface area contributed by atoms with Crippen LogP contribution in [-0.4, -0.2) is 10.1 Å². The van der Waals surface area contributed by atoms with Gasteiger partial charge < -0.3 is 5.11 Å². The molecular weight excluding hydrogens is 302 g/mol. The summed E-state index contributed by atoms with van der Waals surface area (Å²) in [7, 11) is 0. The Kier molecular flexibility index (Phi) is 3.82. The van der Waals surface area contributed by atoms with Crippen LogP contribution in [-0.2, 0) is 0 Å². The van der Waals surface area contributed by atoms with Gasteiger partial charge in [0.1, 0.15) is 6.10 Å². The van der Waals surface area contributed by atoms with Gasteiger partial charge in [0, 0.05) is 27.5 Å². The number of nitrogens with zero attached hydrogens (tertiary/aromatic N) is 1. The van der Waals surface area contributed by atoms with Crippen molar-refractivity contribution in [1.29, 1.82) is 0 Å². The Morgan fingerprint density at radius 2 is 2.06 bits per heavy atom. The number of benzene rings is 1. The fourth-order valence-corrected chi connectivity index (χ4v) is 2.55. The fourth-order valence-electron chi connectivity index (χ4n) is 1.65. The monoisotopic (exact) mass is 311 g/mol. The molecule has 17 heavy (non-hydrogen) atoms. The molecule has 0 spiro atoms. The highest BCUT2D eigenvalue weighted by atomic mass is 79.9. The molecule has 1 heterocycles. The summed E-state index contributed by atoms with van der Waals surface area (Å²) in [5, 5.41) is 11.0. The molecule has 0 saturated carbocycles. The zero-order valence-electron chi connectivity index (χ0n) is 9.19. The topological polar surface area (TPSA) is 33.1 Å². The Hall–Kier alpha value is -0.900. The van der Waals surface area contributed by atoms with Gasteiger partial charge in [-0.3, -0.25) is 4.98 Å². The van der Waals surface area contributed by atoms with Crippen molar-refractivity contribution in [2.45, 2.75) is 13.0 Å². The van der Waals surface area contributed by atoms with Gasteiger partial charge in [-0.25, -0.2) is 0 Å². The van der Waals surface area contributed by atoms with Gasteiger partial charge in [0.05, 0.1) is 0 Å². The molecule has 0 aliphatic carbocycles. The zero-order valence-corrected chi connectivity index (χ0v) is 11.5. The van der Waals surface area contributed by atoms with Crippen molar-refractivity contribution in [2.24, 2.45) is 0 Å². The van der Waals surface area contributed by atoms with Gasteiger partial charge in [-0.05, 0) is 36.2 Å². The number of aromatic nitrogens is 1. The lowest BCUT2D eigenvalue weighted by atomic mass is 10.00. The summed E-state index contributed by atoms with van der Waals surface area (Å²) in [6.07, 6.45) is 2.69. The van der Waals surface area contributed by atoms with Crippen LogP contribution in [0.3, 0.4) is 0 Å². The minimum Gasteiger partial charge on any atom is -0.384 e. The van der Waals surface area contributed by atoms with E-state index in [-0.39, 0.29) is 0 Å². The van der Waals surface area contributed by atoms with Gasteiger partial charge in [0.15, 0.2) is 0 Å². The molecule has 2 rings (SSSR count). The van der Waals surface area contributed by atoms with Crippen molar-refractivity contribution >= 4 is 27.5 Å². The number of aliphatic hydroxyl groups is 1. The molecule has 0 bridgehead atoms. The maximum absolute atomic E-state index is 10.3. The number of hydrogen-bond donors (Lipinski definition) is 1. The van der Waals surface area contributed by atoms with E-state index in [2.05, 4.69) is 20.9 Å². The van der Waals surface area contributed by atoms with Crippen LogP contribution >= 0.6 is 27.5 Å². The van der Waals surface area contributed by atoms with E-state index in [1.807, 2.05) is 19.1 Å². The Morgan fingerprint density at radius 1 is 1.29 bits per heavy atom. The standard InChI is InChI=1S/C13H11BrClNO/c1-8-4-5-16-7-11(8)13(17)10-3-2-9(15)6-12(10)14/h2-7,13,17H,1H3. The average molecular weight is 313 g/mol. The average Bonchev–Trinajstić information content (AvgIpc) is 2.29. The second kappa shape index (κ2) is 5.17. The summed E-state index contributed by atoms with van der Waals surface area (Å²) in [4.78, 5) is 4.04. The summed E-state index contributed by atoms with van der Waals surface area (Å²) >= 11 is 9.28. The summed E-state index contributed by atoms with van der Waals surface area (Å²) in [6, 6.07) is 7.22. The summed E-state index contributed by atoms with van der Waals surface area (Å²) in [5.74, 6) is 0. The molecule has 1 aromatic carbocycles. The second-order valence-electron chi connectivity index (χ2n) is 3.80. The molecule has 1 atom stereocenters. The highest BCUT2D eigenvalue weighted by molar-refractivity contribution is 9.10. The van der Waals surface area contributed by atoms with Gasteiger partial charge in [0.2, 0.25) is 0 Å². The van der Waals surface area contributed by atoms with E-state index in [1.54, 1.807) is 24.5 Å². The van der Waals surface area contributed by atoms with Gasteiger partial charge >= 0.3 is 0 Å². The highest BCUT2D eigenvalue weighted by Crippen LogP contribution is 2.31. The first-order valence-electron chi connectivity index (χ1n) is 5.13. The minimum atomic E-state index is -0.699. The SMILES string of the molecule is Cc1ccncc1C(O)c1ccc(Cl)cc1Br. The molecule has 0 aliphatic heterocycles. The highest BCUT2D eigenvalue weighted by Gasteiger charge is 2.15. The van der Waals surface area contributed by atoms with Crippen LogP contribution in [0.25, 0.3) is 0 Å². The maximum atomic E-state index is 10.3. The first-order valence-corrected chi connectivity index (χ1v) is 6.30. The van der Waals surface area contributed by atoms with Crippen LogP contribution in [0.15, 0.2) is 41.1 Å². The Balaban J connectivity index is 2.44. The van der Waals surface area contributed by atoms with E-state index in [4.69, 9.17) is 11.6 Å². The number of pyridine rings is 1. The second-order valence-corrected chi connectivity index (χ2v) is 5.09.